The Labute approximate surface area is 88.8 Å². The summed E-state index contributed by atoms with van der Waals surface area (Å²) in [5.74, 6) is 0. The zero-order valence-electron chi connectivity index (χ0n) is 9.32. The molecule has 0 atom stereocenters. The van der Waals surface area contributed by atoms with Gasteiger partial charge in [0.05, 0.1) is 0 Å². The van der Waals surface area contributed by atoms with Crippen molar-refractivity contribution < 1.29 is 13.2 Å². The number of hydrogen-bond acceptors (Lipinski definition) is 2. The lowest BCUT2D eigenvalue weighted by molar-refractivity contribution is -0.207. The topological polar surface area (TPSA) is 15.3 Å². The molecule has 1 aliphatic heterocycles. The average Bonchev–Trinajstić information content (AvgIpc) is 2.18. The number of piperidine rings is 1. The molecule has 1 aliphatic rings. The predicted octanol–water partition coefficient (Wildman–Crippen LogP) is 2.01. The maximum Gasteiger partial charge on any atom is 0.406 e. The summed E-state index contributed by atoms with van der Waals surface area (Å²) in [4.78, 5) is 2.10. The number of nitrogens with one attached hydrogen (secondary N) is 1. The van der Waals surface area contributed by atoms with Crippen molar-refractivity contribution in [2.24, 2.45) is 0 Å². The van der Waals surface area contributed by atoms with Crippen molar-refractivity contribution in [1.82, 2.24) is 10.2 Å². The van der Waals surface area contributed by atoms with E-state index in [0.717, 1.165) is 13.0 Å². The second kappa shape index (κ2) is 4.70. The van der Waals surface area contributed by atoms with Crippen molar-refractivity contribution in [3.05, 3.63) is 0 Å². The third-order valence-corrected chi connectivity index (χ3v) is 3.27. The van der Waals surface area contributed by atoms with Gasteiger partial charge in [-0.3, -0.25) is 0 Å². The molecule has 0 aromatic heterocycles. The van der Waals surface area contributed by atoms with Crippen molar-refractivity contribution >= 4 is 0 Å². The first kappa shape index (κ1) is 12.8. The SMILES string of the molecule is CCCN1CCC(NC)(C(F)(F)F)CC1. The summed E-state index contributed by atoms with van der Waals surface area (Å²) in [6.45, 7) is 4.02. The molecule has 1 heterocycles. The second-order valence-corrected chi connectivity index (χ2v) is 4.17. The van der Waals surface area contributed by atoms with Crippen LogP contribution in [0.4, 0.5) is 13.2 Å². The van der Waals surface area contributed by atoms with E-state index in [-0.39, 0.29) is 12.8 Å². The van der Waals surface area contributed by atoms with Crippen LogP contribution in [0.1, 0.15) is 26.2 Å². The van der Waals surface area contributed by atoms with E-state index in [4.69, 9.17) is 0 Å². The quantitative estimate of drug-likeness (QED) is 0.789. The molecule has 15 heavy (non-hydrogen) atoms. The van der Waals surface area contributed by atoms with Gasteiger partial charge in [0.25, 0.3) is 0 Å². The lowest BCUT2D eigenvalue weighted by atomic mass is 9.87. The van der Waals surface area contributed by atoms with Crippen LogP contribution < -0.4 is 5.32 Å². The van der Waals surface area contributed by atoms with Gasteiger partial charge in [0.2, 0.25) is 0 Å². The molecule has 0 unspecified atom stereocenters. The molecule has 0 aromatic rings. The zero-order valence-corrected chi connectivity index (χ0v) is 9.32. The maximum absolute atomic E-state index is 12.8. The number of nitrogens with zero attached hydrogens (tertiary/aromatic N) is 1. The molecule has 0 aliphatic carbocycles. The third kappa shape index (κ3) is 2.64. The van der Waals surface area contributed by atoms with Crippen molar-refractivity contribution in [2.75, 3.05) is 26.7 Å². The van der Waals surface area contributed by atoms with E-state index in [1.165, 1.54) is 7.05 Å². The molecule has 0 aromatic carbocycles. The highest BCUT2D eigenvalue weighted by Gasteiger charge is 2.54. The van der Waals surface area contributed by atoms with Crippen LogP contribution in [-0.2, 0) is 0 Å². The molecule has 0 bridgehead atoms. The van der Waals surface area contributed by atoms with Gasteiger partial charge in [0.15, 0.2) is 0 Å². The van der Waals surface area contributed by atoms with E-state index in [1.54, 1.807) is 0 Å². The fourth-order valence-electron chi connectivity index (χ4n) is 2.15. The maximum atomic E-state index is 12.8. The van der Waals surface area contributed by atoms with Crippen molar-refractivity contribution in [3.8, 4) is 0 Å². The smallest absolute Gasteiger partial charge is 0.307 e. The Kier molecular flexibility index (Phi) is 4.00. The van der Waals surface area contributed by atoms with Gasteiger partial charge in [-0.15, -0.1) is 0 Å². The Hall–Kier alpha value is -0.290. The number of rotatable bonds is 3. The summed E-state index contributed by atoms with van der Waals surface area (Å²) >= 11 is 0. The molecule has 0 amide bonds. The fourth-order valence-corrected chi connectivity index (χ4v) is 2.15. The first-order valence-electron chi connectivity index (χ1n) is 5.43. The molecule has 0 radical (unpaired) electrons. The Morgan fingerprint density at radius 3 is 2.13 bits per heavy atom. The Balaban J connectivity index is 2.59. The molecule has 1 saturated heterocycles. The molecule has 1 N–H and O–H groups in total. The van der Waals surface area contributed by atoms with Crippen molar-refractivity contribution in [1.29, 1.82) is 0 Å². The molecule has 0 spiro atoms. The summed E-state index contributed by atoms with van der Waals surface area (Å²) in [7, 11) is 1.41. The molecular weight excluding hydrogens is 205 g/mol. The van der Waals surface area contributed by atoms with Crippen LogP contribution in [0.2, 0.25) is 0 Å². The standard InChI is InChI=1S/C10H19F3N2/c1-3-6-15-7-4-9(14-2,5-8-15)10(11,12)13/h14H,3-8H2,1-2H3. The van der Waals surface area contributed by atoms with Gasteiger partial charge in [0, 0.05) is 13.1 Å². The van der Waals surface area contributed by atoms with Gasteiger partial charge in [-0.2, -0.15) is 13.2 Å². The Morgan fingerprint density at radius 1 is 1.27 bits per heavy atom. The van der Waals surface area contributed by atoms with E-state index in [0.29, 0.717) is 13.1 Å². The van der Waals surface area contributed by atoms with Crippen LogP contribution in [-0.4, -0.2) is 43.3 Å². The minimum absolute atomic E-state index is 0.160. The zero-order chi connectivity index (χ0) is 11.5. The summed E-state index contributed by atoms with van der Waals surface area (Å²) in [5.41, 5.74) is -1.66. The van der Waals surface area contributed by atoms with Crippen LogP contribution in [0.15, 0.2) is 0 Å². The predicted molar refractivity (Wildman–Crippen MR) is 53.8 cm³/mol. The van der Waals surface area contributed by atoms with Crippen LogP contribution in [0.25, 0.3) is 0 Å². The summed E-state index contributed by atoms with van der Waals surface area (Å²) in [6.07, 6.45) is -2.82. The van der Waals surface area contributed by atoms with Crippen LogP contribution in [0.3, 0.4) is 0 Å². The highest BCUT2D eigenvalue weighted by molar-refractivity contribution is 4.98. The van der Waals surface area contributed by atoms with Gasteiger partial charge in [-0.1, -0.05) is 6.92 Å². The average molecular weight is 224 g/mol. The molecule has 2 nitrogen and oxygen atoms in total. The van der Waals surface area contributed by atoms with Crippen molar-refractivity contribution in [3.63, 3.8) is 0 Å². The highest BCUT2D eigenvalue weighted by atomic mass is 19.4. The minimum atomic E-state index is -4.14. The molecule has 0 saturated carbocycles. The van der Waals surface area contributed by atoms with E-state index in [9.17, 15) is 13.2 Å². The number of alkyl halides is 3. The second-order valence-electron chi connectivity index (χ2n) is 4.17. The van der Waals surface area contributed by atoms with Gasteiger partial charge in [-0.05, 0) is 32.9 Å². The van der Waals surface area contributed by atoms with E-state index >= 15 is 0 Å². The first-order chi connectivity index (χ1) is 6.95. The molecule has 90 valence electrons. The lowest BCUT2D eigenvalue weighted by Gasteiger charge is -2.42. The number of likely N-dealkylation sites (tertiary alicyclic amines) is 1. The number of hydrogen-bond donors (Lipinski definition) is 1. The van der Waals surface area contributed by atoms with Gasteiger partial charge in [-0.25, -0.2) is 0 Å². The van der Waals surface area contributed by atoms with E-state index in [1.807, 2.05) is 6.92 Å². The monoisotopic (exact) mass is 224 g/mol. The summed E-state index contributed by atoms with van der Waals surface area (Å²) in [6, 6.07) is 0. The largest absolute Gasteiger partial charge is 0.406 e. The molecule has 1 fully saturated rings. The molecule has 1 rings (SSSR count). The highest BCUT2D eigenvalue weighted by Crippen LogP contribution is 2.38. The van der Waals surface area contributed by atoms with Crippen LogP contribution in [0.5, 0.6) is 0 Å². The normalized spacial score (nSPS) is 23.0. The summed E-state index contributed by atoms with van der Waals surface area (Å²) < 4.78 is 38.5. The summed E-state index contributed by atoms with van der Waals surface area (Å²) in [5, 5.41) is 2.47. The van der Waals surface area contributed by atoms with E-state index < -0.39 is 11.7 Å². The third-order valence-electron chi connectivity index (χ3n) is 3.27. The Bertz CT molecular complexity index is 195. The number of halogens is 3. The van der Waals surface area contributed by atoms with E-state index in [2.05, 4.69) is 10.2 Å². The first-order valence-corrected chi connectivity index (χ1v) is 5.43. The Morgan fingerprint density at radius 2 is 1.80 bits per heavy atom. The van der Waals surface area contributed by atoms with Crippen molar-refractivity contribution in [2.45, 2.75) is 37.9 Å². The van der Waals surface area contributed by atoms with Gasteiger partial charge < -0.3 is 10.2 Å². The molecule has 5 heteroatoms. The molecular formula is C10H19F3N2. The fraction of sp³-hybridized carbons (Fsp3) is 1.00. The van der Waals surface area contributed by atoms with Gasteiger partial charge >= 0.3 is 6.18 Å². The van der Waals surface area contributed by atoms with Crippen LogP contribution in [0, 0.1) is 0 Å². The lowest BCUT2D eigenvalue weighted by Crippen LogP contribution is -2.60. The minimum Gasteiger partial charge on any atom is -0.307 e. The van der Waals surface area contributed by atoms with Crippen LogP contribution >= 0.6 is 0 Å². The van der Waals surface area contributed by atoms with Gasteiger partial charge in [0.1, 0.15) is 5.54 Å².